The summed E-state index contributed by atoms with van der Waals surface area (Å²) in [5, 5.41) is 4.19. The zero-order chi connectivity index (χ0) is 29.7. The Hall–Kier alpha value is -6.06. The lowest BCUT2D eigenvalue weighted by molar-refractivity contribution is 0.663. The standard InChI is InChI=1S/C42H27NO2/c1-3-12-28(13-4-1)29-22-24-31(25-23-29)43(35-18-9-7-16-32(35)30-14-5-2-6-15-30)36-19-11-21-38-40(36)41-39(44-38)27-26-34-33-17-8-10-20-37(33)45-42(34)41/h1-27H. The summed E-state index contributed by atoms with van der Waals surface area (Å²) in [6, 6.07) is 57.2. The van der Waals surface area contributed by atoms with E-state index in [0.29, 0.717) is 0 Å². The third-order valence-electron chi connectivity index (χ3n) is 8.69. The summed E-state index contributed by atoms with van der Waals surface area (Å²) in [7, 11) is 0. The molecule has 2 aromatic heterocycles. The molecule has 0 aliphatic rings. The molecule has 0 spiro atoms. The predicted octanol–water partition coefficient (Wildman–Crippen LogP) is 12.3. The molecular weight excluding hydrogens is 550 g/mol. The lowest BCUT2D eigenvalue weighted by Gasteiger charge is -2.28. The Morgan fingerprint density at radius 1 is 0.356 bits per heavy atom. The van der Waals surface area contributed by atoms with Crippen molar-refractivity contribution < 1.29 is 8.83 Å². The Bertz CT molecular complexity index is 2470. The Balaban J connectivity index is 1.35. The molecule has 0 radical (unpaired) electrons. The molecule has 45 heavy (non-hydrogen) atoms. The third kappa shape index (κ3) is 4.13. The molecule has 0 aliphatic heterocycles. The van der Waals surface area contributed by atoms with E-state index in [0.717, 1.165) is 72.1 Å². The first-order chi connectivity index (χ1) is 22.3. The van der Waals surface area contributed by atoms with Crippen LogP contribution in [0.3, 0.4) is 0 Å². The van der Waals surface area contributed by atoms with E-state index >= 15 is 0 Å². The fourth-order valence-electron chi connectivity index (χ4n) is 6.63. The van der Waals surface area contributed by atoms with Gasteiger partial charge in [0.15, 0.2) is 0 Å². The van der Waals surface area contributed by atoms with Crippen LogP contribution in [0.15, 0.2) is 173 Å². The molecule has 0 saturated carbocycles. The van der Waals surface area contributed by atoms with Gasteiger partial charge in [0, 0.05) is 22.0 Å². The van der Waals surface area contributed by atoms with E-state index in [-0.39, 0.29) is 0 Å². The van der Waals surface area contributed by atoms with Gasteiger partial charge in [0.25, 0.3) is 0 Å². The van der Waals surface area contributed by atoms with E-state index in [2.05, 4.69) is 150 Å². The van der Waals surface area contributed by atoms with Crippen molar-refractivity contribution in [2.24, 2.45) is 0 Å². The lowest BCUT2D eigenvalue weighted by Crippen LogP contribution is -2.11. The monoisotopic (exact) mass is 577 g/mol. The van der Waals surface area contributed by atoms with Gasteiger partial charge in [-0.25, -0.2) is 0 Å². The Morgan fingerprint density at radius 2 is 0.978 bits per heavy atom. The number of hydrogen-bond acceptors (Lipinski definition) is 3. The summed E-state index contributed by atoms with van der Waals surface area (Å²) in [6.07, 6.45) is 0. The second-order valence-electron chi connectivity index (χ2n) is 11.3. The SMILES string of the molecule is c1ccc(-c2ccc(N(c3ccccc3-c3ccccc3)c3cccc4oc5ccc6c7ccccc7oc6c5c34)cc2)cc1. The topological polar surface area (TPSA) is 29.5 Å². The molecule has 2 heterocycles. The summed E-state index contributed by atoms with van der Waals surface area (Å²) in [5.41, 5.74) is 11.2. The van der Waals surface area contributed by atoms with Gasteiger partial charge in [-0.2, -0.15) is 0 Å². The number of fused-ring (bicyclic) bond motifs is 7. The van der Waals surface area contributed by atoms with Gasteiger partial charge in [0.2, 0.25) is 0 Å². The minimum atomic E-state index is 0.805. The van der Waals surface area contributed by atoms with Crippen molar-refractivity contribution in [2.75, 3.05) is 4.90 Å². The van der Waals surface area contributed by atoms with Crippen molar-refractivity contribution in [3.05, 3.63) is 164 Å². The number of hydrogen-bond donors (Lipinski definition) is 0. The van der Waals surface area contributed by atoms with E-state index in [1.807, 2.05) is 18.2 Å². The van der Waals surface area contributed by atoms with Crippen molar-refractivity contribution in [1.82, 2.24) is 0 Å². The molecule has 0 amide bonds. The highest BCUT2D eigenvalue weighted by Crippen LogP contribution is 2.48. The summed E-state index contributed by atoms with van der Waals surface area (Å²) < 4.78 is 13.1. The smallest absolute Gasteiger partial charge is 0.147 e. The van der Waals surface area contributed by atoms with E-state index < -0.39 is 0 Å². The van der Waals surface area contributed by atoms with Crippen LogP contribution in [0.1, 0.15) is 0 Å². The number of anilines is 3. The maximum Gasteiger partial charge on any atom is 0.147 e. The fourth-order valence-corrected chi connectivity index (χ4v) is 6.63. The minimum Gasteiger partial charge on any atom is -0.456 e. The predicted molar refractivity (Wildman–Crippen MR) is 187 cm³/mol. The van der Waals surface area contributed by atoms with Gasteiger partial charge in [-0.15, -0.1) is 0 Å². The van der Waals surface area contributed by atoms with Crippen molar-refractivity contribution in [2.45, 2.75) is 0 Å². The molecule has 3 nitrogen and oxygen atoms in total. The van der Waals surface area contributed by atoms with Crippen molar-refractivity contribution in [3.8, 4) is 22.3 Å². The van der Waals surface area contributed by atoms with Crippen LogP contribution in [0.4, 0.5) is 17.1 Å². The lowest BCUT2D eigenvalue weighted by atomic mass is 10.00. The van der Waals surface area contributed by atoms with Gasteiger partial charge >= 0.3 is 0 Å². The summed E-state index contributed by atoms with van der Waals surface area (Å²) in [5.74, 6) is 0. The van der Waals surface area contributed by atoms with Gasteiger partial charge in [-0.05, 0) is 65.2 Å². The first kappa shape index (κ1) is 25.4. The number of rotatable bonds is 5. The van der Waals surface area contributed by atoms with Gasteiger partial charge in [0.1, 0.15) is 22.3 Å². The number of para-hydroxylation sites is 2. The fraction of sp³-hybridized carbons (Fsp3) is 0. The maximum absolute atomic E-state index is 6.56. The van der Waals surface area contributed by atoms with Crippen LogP contribution >= 0.6 is 0 Å². The molecule has 0 fully saturated rings. The molecule has 0 unspecified atom stereocenters. The largest absolute Gasteiger partial charge is 0.456 e. The number of nitrogens with zero attached hydrogens (tertiary/aromatic N) is 1. The van der Waals surface area contributed by atoms with Crippen molar-refractivity contribution in [1.29, 1.82) is 0 Å². The van der Waals surface area contributed by atoms with E-state index in [1.165, 1.54) is 11.1 Å². The van der Waals surface area contributed by atoms with Crippen LogP contribution in [0.2, 0.25) is 0 Å². The summed E-state index contributed by atoms with van der Waals surface area (Å²) in [4.78, 5) is 2.36. The molecule has 212 valence electrons. The zero-order valence-corrected chi connectivity index (χ0v) is 24.4. The van der Waals surface area contributed by atoms with Gasteiger partial charge in [-0.3, -0.25) is 0 Å². The highest BCUT2D eigenvalue weighted by atomic mass is 16.3. The van der Waals surface area contributed by atoms with Crippen LogP contribution in [0.25, 0.3) is 66.1 Å². The second kappa shape index (κ2) is 10.3. The third-order valence-corrected chi connectivity index (χ3v) is 8.69. The van der Waals surface area contributed by atoms with Crippen molar-refractivity contribution >= 4 is 60.9 Å². The molecule has 9 aromatic rings. The van der Waals surface area contributed by atoms with Crippen LogP contribution < -0.4 is 4.90 Å². The molecule has 9 rings (SSSR count). The summed E-state index contributed by atoms with van der Waals surface area (Å²) in [6.45, 7) is 0. The molecule has 0 bridgehead atoms. The zero-order valence-electron chi connectivity index (χ0n) is 24.4. The van der Waals surface area contributed by atoms with Crippen LogP contribution in [-0.2, 0) is 0 Å². The van der Waals surface area contributed by atoms with E-state index in [9.17, 15) is 0 Å². The highest BCUT2D eigenvalue weighted by molar-refractivity contribution is 6.25. The van der Waals surface area contributed by atoms with Crippen LogP contribution in [0, 0.1) is 0 Å². The Morgan fingerprint density at radius 3 is 1.80 bits per heavy atom. The average Bonchev–Trinajstić information content (AvgIpc) is 3.69. The molecule has 0 saturated heterocycles. The highest BCUT2D eigenvalue weighted by Gasteiger charge is 2.24. The summed E-state index contributed by atoms with van der Waals surface area (Å²) >= 11 is 0. The quantitative estimate of drug-likeness (QED) is 0.204. The Kier molecular flexibility index (Phi) is 5.82. The average molecular weight is 578 g/mol. The Labute approximate surface area is 260 Å². The molecule has 0 atom stereocenters. The molecule has 0 aliphatic carbocycles. The molecule has 7 aromatic carbocycles. The van der Waals surface area contributed by atoms with Crippen molar-refractivity contribution in [3.63, 3.8) is 0 Å². The van der Waals surface area contributed by atoms with Gasteiger partial charge in [0.05, 0.1) is 22.1 Å². The number of furan rings is 2. The first-order valence-corrected chi connectivity index (χ1v) is 15.2. The minimum absolute atomic E-state index is 0.805. The second-order valence-corrected chi connectivity index (χ2v) is 11.3. The number of benzene rings is 7. The van der Waals surface area contributed by atoms with Crippen LogP contribution in [0.5, 0.6) is 0 Å². The maximum atomic E-state index is 6.56. The van der Waals surface area contributed by atoms with E-state index in [1.54, 1.807) is 0 Å². The van der Waals surface area contributed by atoms with Gasteiger partial charge < -0.3 is 13.7 Å². The molecule has 3 heteroatoms. The molecular formula is C42H27NO2. The van der Waals surface area contributed by atoms with Crippen LogP contribution in [-0.4, -0.2) is 0 Å². The van der Waals surface area contributed by atoms with E-state index in [4.69, 9.17) is 8.83 Å². The van der Waals surface area contributed by atoms with Gasteiger partial charge in [-0.1, -0.05) is 115 Å². The normalized spacial score (nSPS) is 11.6. The first-order valence-electron chi connectivity index (χ1n) is 15.2. The molecule has 0 N–H and O–H groups in total.